The minimum Gasteiger partial charge on any atom is -0.493 e. The fourth-order valence-electron chi connectivity index (χ4n) is 2.30. The average molecular weight is 425 g/mol. The Morgan fingerprint density at radius 1 is 1.37 bits per heavy atom. The number of aryl methyl sites for hydroxylation is 1. The maximum atomic E-state index is 12.5. The van der Waals surface area contributed by atoms with Crippen LogP contribution in [0.5, 0.6) is 11.5 Å². The van der Waals surface area contributed by atoms with Crippen LogP contribution >= 0.6 is 15.9 Å². The van der Waals surface area contributed by atoms with Crippen LogP contribution in [-0.2, 0) is 4.79 Å². The third-order valence-corrected chi connectivity index (χ3v) is 4.21. The lowest BCUT2D eigenvalue weighted by Gasteiger charge is -2.12. The largest absolute Gasteiger partial charge is 0.493 e. The van der Waals surface area contributed by atoms with Crippen molar-refractivity contribution in [1.29, 1.82) is 5.26 Å². The van der Waals surface area contributed by atoms with Gasteiger partial charge < -0.3 is 14.8 Å². The highest BCUT2D eigenvalue weighted by molar-refractivity contribution is 9.10. The summed E-state index contributed by atoms with van der Waals surface area (Å²) in [5.41, 5.74) is 2.12. The number of amides is 1. The van der Waals surface area contributed by atoms with Crippen molar-refractivity contribution in [2.45, 2.75) is 6.92 Å². The van der Waals surface area contributed by atoms with Crippen molar-refractivity contribution in [2.24, 2.45) is 0 Å². The SMILES string of the molecule is C#CCOc1c(Br)cc(/C=C(/C#N)C(=O)Nc2ccccc2C)cc1OC. The normalized spacial score (nSPS) is 10.5. The van der Waals surface area contributed by atoms with Crippen molar-refractivity contribution in [3.05, 3.63) is 57.6 Å². The number of hydrogen-bond acceptors (Lipinski definition) is 4. The minimum atomic E-state index is -0.491. The van der Waals surface area contributed by atoms with Gasteiger partial charge in [0.2, 0.25) is 0 Å². The van der Waals surface area contributed by atoms with E-state index in [2.05, 4.69) is 27.2 Å². The Kier molecular flexibility index (Phi) is 7.05. The molecule has 0 spiro atoms. The highest BCUT2D eigenvalue weighted by atomic mass is 79.9. The number of anilines is 1. The zero-order chi connectivity index (χ0) is 19.8. The van der Waals surface area contributed by atoms with Gasteiger partial charge in [-0.2, -0.15) is 5.26 Å². The smallest absolute Gasteiger partial charge is 0.266 e. The molecule has 1 amide bonds. The van der Waals surface area contributed by atoms with Gasteiger partial charge in [-0.1, -0.05) is 24.1 Å². The van der Waals surface area contributed by atoms with E-state index in [0.29, 0.717) is 27.2 Å². The third-order valence-electron chi connectivity index (χ3n) is 3.62. The van der Waals surface area contributed by atoms with Crippen LogP contribution in [0.15, 0.2) is 46.4 Å². The van der Waals surface area contributed by atoms with E-state index >= 15 is 0 Å². The van der Waals surface area contributed by atoms with Gasteiger partial charge in [-0.15, -0.1) is 6.42 Å². The van der Waals surface area contributed by atoms with Gasteiger partial charge in [0.25, 0.3) is 5.91 Å². The van der Waals surface area contributed by atoms with Gasteiger partial charge in [0.15, 0.2) is 11.5 Å². The van der Waals surface area contributed by atoms with E-state index in [-0.39, 0.29) is 12.2 Å². The molecule has 0 aliphatic carbocycles. The van der Waals surface area contributed by atoms with E-state index in [0.717, 1.165) is 5.56 Å². The maximum absolute atomic E-state index is 12.5. The number of methoxy groups -OCH3 is 1. The molecule has 1 N–H and O–H groups in total. The van der Waals surface area contributed by atoms with Crippen molar-refractivity contribution in [2.75, 3.05) is 19.0 Å². The van der Waals surface area contributed by atoms with Gasteiger partial charge in [0.1, 0.15) is 18.2 Å². The summed E-state index contributed by atoms with van der Waals surface area (Å²) in [5.74, 6) is 2.78. The average Bonchev–Trinajstić information content (AvgIpc) is 2.66. The van der Waals surface area contributed by atoms with Gasteiger partial charge in [-0.05, 0) is 58.3 Å². The third kappa shape index (κ3) is 5.13. The van der Waals surface area contributed by atoms with E-state index < -0.39 is 5.91 Å². The van der Waals surface area contributed by atoms with Gasteiger partial charge >= 0.3 is 0 Å². The Morgan fingerprint density at radius 3 is 2.74 bits per heavy atom. The Hall–Kier alpha value is -3.22. The van der Waals surface area contributed by atoms with Gasteiger partial charge in [0, 0.05) is 5.69 Å². The fourth-order valence-corrected chi connectivity index (χ4v) is 2.87. The molecule has 0 aliphatic rings. The standard InChI is InChI=1S/C21H17BrN2O3/c1-4-9-27-20-17(22)11-15(12-19(20)26-3)10-16(13-23)21(25)24-18-8-6-5-7-14(18)2/h1,5-8,10-12H,9H2,2-3H3,(H,24,25)/b16-10-. The van der Waals surface area contributed by atoms with Crippen molar-refractivity contribution in [3.63, 3.8) is 0 Å². The molecule has 0 bridgehead atoms. The lowest BCUT2D eigenvalue weighted by molar-refractivity contribution is -0.112. The number of benzene rings is 2. The van der Waals surface area contributed by atoms with E-state index in [1.54, 1.807) is 18.2 Å². The van der Waals surface area contributed by atoms with Crippen LogP contribution < -0.4 is 14.8 Å². The van der Waals surface area contributed by atoms with Crippen LogP contribution in [0, 0.1) is 30.6 Å². The molecule has 2 rings (SSSR count). The Labute approximate surface area is 166 Å². The molecule has 0 heterocycles. The zero-order valence-corrected chi connectivity index (χ0v) is 16.5. The summed E-state index contributed by atoms with van der Waals surface area (Å²) >= 11 is 3.39. The topological polar surface area (TPSA) is 71.3 Å². The summed E-state index contributed by atoms with van der Waals surface area (Å²) in [6.45, 7) is 1.97. The van der Waals surface area contributed by atoms with E-state index in [4.69, 9.17) is 15.9 Å². The number of hydrogen-bond donors (Lipinski definition) is 1. The molecule has 0 atom stereocenters. The van der Waals surface area contributed by atoms with E-state index in [1.165, 1.54) is 13.2 Å². The Bertz CT molecular complexity index is 968. The van der Waals surface area contributed by atoms with Crippen LogP contribution in [0.3, 0.4) is 0 Å². The first-order chi connectivity index (χ1) is 13.0. The van der Waals surface area contributed by atoms with E-state index in [1.807, 2.05) is 31.2 Å². The summed E-state index contributed by atoms with van der Waals surface area (Å²) in [4.78, 5) is 12.5. The summed E-state index contributed by atoms with van der Waals surface area (Å²) in [5, 5.41) is 12.1. The second-order valence-electron chi connectivity index (χ2n) is 5.47. The minimum absolute atomic E-state index is 0.0375. The number of halogens is 1. The highest BCUT2D eigenvalue weighted by Crippen LogP contribution is 2.37. The van der Waals surface area contributed by atoms with Crippen LogP contribution in [0.2, 0.25) is 0 Å². The molecule has 2 aromatic rings. The molecule has 0 aliphatic heterocycles. The molecule has 136 valence electrons. The second-order valence-corrected chi connectivity index (χ2v) is 6.32. The number of nitriles is 1. The quantitative estimate of drug-likeness (QED) is 0.425. The van der Waals surface area contributed by atoms with Crippen molar-refractivity contribution in [3.8, 4) is 29.9 Å². The molecule has 6 heteroatoms. The molecule has 5 nitrogen and oxygen atoms in total. The summed E-state index contributed by atoms with van der Waals surface area (Å²) in [6, 6.07) is 12.7. The molecule has 0 unspecified atom stereocenters. The van der Waals surface area contributed by atoms with Gasteiger partial charge in [-0.3, -0.25) is 4.79 Å². The summed E-state index contributed by atoms with van der Waals surface area (Å²) < 4.78 is 11.4. The molecule has 0 saturated heterocycles. The number of rotatable bonds is 6. The lowest BCUT2D eigenvalue weighted by atomic mass is 10.1. The molecule has 0 saturated carbocycles. The van der Waals surface area contributed by atoms with E-state index in [9.17, 15) is 10.1 Å². The number of terminal acetylenes is 1. The molecular formula is C21H17BrN2O3. The van der Waals surface area contributed by atoms with Crippen molar-refractivity contribution >= 4 is 33.6 Å². The van der Waals surface area contributed by atoms with Gasteiger partial charge in [0.05, 0.1) is 11.6 Å². The van der Waals surface area contributed by atoms with Crippen LogP contribution in [0.4, 0.5) is 5.69 Å². The predicted octanol–water partition coefficient (Wildman–Crippen LogP) is 4.32. The number of nitrogens with zero attached hydrogens (tertiary/aromatic N) is 1. The molecule has 0 fully saturated rings. The first-order valence-corrected chi connectivity index (χ1v) is 8.72. The van der Waals surface area contributed by atoms with Crippen molar-refractivity contribution < 1.29 is 14.3 Å². The fraction of sp³-hybridized carbons (Fsp3) is 0.143. The first-order valence-electron chi connectivity index (χ1n) is 7.92. The van der Waals surface area contributed by atoms with Crippen molar-refractivity contribution in [1.82, 2.24) is 0 Å². The number of carbonyl (C=O) groups is 1. The Morgan fingerprint density at radius 2 is 2.11 bits per heavy atom. The summed E-state index contributed by atoms with van der Waals surface area (Å²) in [7, 11) is 1.49. The number of carbonyl (C=O) groups excluding carboxylic acids is 1. The maximum Gasteiger partial charge on any atom is 0.266 e. The Balaban J connectivity index is 2.33. The predicted molar refractivity (Wildman–Crippen MR) is 108 cm³/mol. The molecule has 0 aromatic heterocycles. The molecule has 2 aromatic carbocycles. The zero-order valence-electron chi connectivity index (χ0n) is 14.9. The summed E-state index contributed by atoms with van der Waals surface area (Å²) in [6.07, 6.45) is 6.70. The van der Waals surface area contributed by atoms with Crippen LogP contribution in [0.25, 0.3) is 6.08 Å². The highest BCUT2D eigenvalue weighted by Gasteiger charge is 2.14. The molecule has 27 heavy (non-hydrogen) atoms. The molecule has 0 radical (unpaired) electrons. The molecular weight excluding hydrogens is 408 g/mol. The van der Waals surface area contributed by atoms with Crippen LogP contribution in [0.1, 0.15) is 11.1 Å². The number of nitrogens with one attached hydrogen (secondary N) is 1. The second kappa shape index (κ2) is 9.47. The lowest BCUT2D eigenvalue weighted by Crippen LogP contribution is -2.14. The first kappa shape index (κ1) is 20.1. The van der Waals surface area contributed by atoms with Gasteiger partial charge in [-0.25, -0.2) is 0 Å². The monoisotopic (exact) mass is 424 g/mol. The van der Waals surface area contributed by atoms with Crippen LogP contribution in [-0.4, -0.2) is 19.6 Å². The number of para-hydroxylation sites is 1. The number of ether oxygens (including phenoxy) is 2.